The molecule has 4 fully saturated rings. The Kier molecular flexibility index (Phi) is 7.96. The summed E-state index contributed by atoms with van der Waals surface area (Å²) in [7, 11) is 0. The quantitative estimate of drug-likeness (QED) is 0.162. The van der Waals surface area contributed by atoms with Crippen LogP contribution in [0, 0.1) is 23.7 Å². The molecule has 3 heteroatoms. The van der Waals surface area contributed by atoms with E-state index in [0.717, 1.165) is 23.2 Å². The maximum absolute atomic E-state index is 2.66. The molecule has 1 aliphatic heterocycles. The Labute approximate surface area is 391 Å². The molecule has 11 aromatic rings. The van der Waals surface area contributed by atoms with E-state index < -0.39 is 0 Å². The Morgan fingerprint density at radius 3 is 1.57 bits per heavy atom. The van der Waals surface area contributed by atoms with E-state index in [0.29, 0.717) is 11.8 Å². The molecule has 0 saturated heterocycles. The van der Waals surface area contributed by atoms with Gasteiger partial charge in [0.2, 0.25) is 0 Å². The van der Waals surface area contributed by atoms with Crippen molar-refractivity contribution in [2.75, 3.05) is 4.90 Å². The van der Waals surface area contributed by atoms with Gasteiger partial charge in [-0.3, -0.25) is 0 Å². The van der Waals surface area contributed by atoms with Crippen LogP contribution in [0.2, 0.25) is 0 Å². The lowest BCUT2D eigenvalue weighted by Crippen LogP contribution is -2.57. The largest absolute Gasteiger partial charge is 0.310 e. The topological polar surface area (TPSA) is 13.1 Å². The monoisotopic (exact) mass is 859 g/mol. The summed E-state index contributed by atoms with van der Waals surface area (Å²) in [5, 5.41) is 5.25. The van der Waals surface area contributed by atoms with Gasteiger partial charge in [0.05, 0.1) is 27.8 Å². The van der Waals surface area contributed by atoms with Crippen molar-refractivity contribution in [3.8, 4) is 33.6 Å². The Balaban J connectivity index is 0.914. The lowest BCUT2D eigenvalue weighted by Gasteiger charge is -2.63. The second-order valence-corrected chi connectivity index (χ2v) is 20.1. The van der Waals surface area contributed by atoms with Gasteiger partial charge in [0.15, 0.2) is 0 Å². The van der Waals surface area contributed by atoms with Gasteiger partial charge in [0.25, 0.3) is 0 Å². The zero-order valence-electron chi connectivity index (χ0n) is 37.4. The average molecular weight is 860 g/mol. The molecule has 4 aliphatic carbocycles. The zero-order chi connectivity index (χ0) is 43.8. The number of hydrogen-bond donors (Lipinski definition) is 0. The molecule has 9 aromatic carbocycles. The van der Waals surface area contributed by atoms with Crippen molar-refractivity contribution in [1.29, 1.82) is 0 Å². The summed E-state index contributed by atoms with van der Waals surface area (Å²) < 4.78 is 5.03. The van der Waals surface area contributed by atoms with E-state index in [4.69, 9.17) is 0 Å². The molecule has 4 saturated carbocycles. The second-order valence-electron chi connectivity index (χ2n) is 20.1. The standard InChI is InChI=1S/C64H49N3/c1-2-13-43(14-3-1)46-15-12-16-51(38-46)65(49-29-25-44(26-30-49)45-27-31-50(32-28-45)66-59-21-8-4-17-53(59)54-18-5-9-22-60(54)66)52-39-56-55-19-6-10-23-61(55)67-62-24-11-7-20-57(62)64(58(40-52)63(56)67)47-34-41-33-42(36-47)37-48(64)35-41/h1-32,38-42,47-48H,33-37H2. The van der Waals surface area contributed by atoms with E-state index in [2.05, 4.69) is 226 Å². The van der Waals surface area contributed by atoms with Gasteiger partial charge in [-0.1, -0.05) is 140 Å². The maximum Gasteiger partial charge on any atom is 0.0584 e. The first-order chi connectivity index (χ1) is 33.2. The van der Waals surface area contributed by atoms with Crippen molar-refractivity contribution in [2.24, 2.45) is 23.7 Å². The number of aromatic nitrogens is 2. The Morgan fingerprint density at radius 2 is 0.896 bits per heavy atom. The Bertz CT molecular complexity index is 3680. The Morgan fingerprint density at radius 1 is 0.358 bits per heavy atom. The van der Waals surface area contributed by atoms with Crippen molar-refractivity contribution in [3.63, 3.8) is 0 Å². The fraction of sp³-hybridized carbons (Fsp3) is 0.156. The van der Waals surface area contributed by atoms with Crippen LogP contribution in [0.3, 0.4) is 0 Å². The molecule has 67 heavy (non-hydrogen) atoms. The van der Waals surface area contributed by atoms with Gasteiger partial charge >= 0.3 is 0 Å². The number of rotatable bonds is 6. The molecule has 16 rings (SSSR count). The van der Waals surface area contributed by atoms with Crippen LogP contribution in [0.15, 0.2) is 212 Å². The third-order valence-corrected chi connectivity index (χ3v) is 16.8. The highest BCUT2D eigenvalue weighted by Gasteiger charge is 2.61. The summed E-state index contributed by atoms with van der Waals surface area (Å²) in [6.07, 6.45) is 6.82. The van der Waals surface area contributed by atoms with E-state index in [9.17, 15) is 0 Å². The molecule has 0 unspecified atom stereocenters. The van der Waals surface area contributed by atoms with E-state index in [-0.39, 0.29) is 5.41 Å². The minimum atomic E-state index is -0.0184. The molecule has 3 heterocycles. The van der Waals surface area contributed by atoms with Crippen molar-refractivity contribution < 1.29 is 0 Å². The van der Waals surface area contributed by atoms with E-state index in [1.807, 2.05) is 0 Å². The normalized spacial score (nSPS) is 21.2. The molecular weight excluding hydrogens is 811 g/mol. The molecule has 0 N–H and O–H groups in total. The second kappa shape index (κ2) is 14.2. The molecule has 3 nitrogen and oxygen atoms in total. The number of fused-ring (bicyclic) bond motifs is 8. The van der Waals surface area contributed by atoms with Crippen LogP contribution >= 0.6 is 0 Å². The van der Waals surface area contributed by atoms with Crippen LogP contribution in [-0.2, 0) is 5.41 Å². The van der Waals surface area contributed by atoms with E-state index in [1.54, 1.807) is 11.1 Å². The van der Waals surface area contributed by atoms with Gasteiger partial charge in [-0.05, 0) is 162 Å². The third-order valence-electron chi connectivity index (χ3n) is 16.8. The van der Waals surface area contributed by atoms with E-state index in [1.165, 1.54) is 115 Å². The van der Waals surface area contributed by atoms with Gasteiger partial charge < -0.3 is 14.0 Å². The summed E-state index contributed by atoms with van der Waals surface area (Å²) in [5.41, 5.74) is 19.2. The first-order valence-corrected chi connectivity index (χ1v) is 24.5. The van der Waals surface area contributed by atoms with Gasteiger partial charge in [-0.25, -0.2) is 0 Å². The SMILES string of the molecule is c1ccc(-c2cccc(N(c3ccc(-c4ccc(-n5c6ccccc6c6ccccc65)cc4)cc3)c3cc4c5c(c3)c3ccccc3n5-c3ccccc3C43C4CC5CC(C4)CC3C5)c2)cc1. The minimum absolute atomic E-state index is 0.0184. The average Bonchev–Trinajstić information content (AvgIpc) is 3.90. The minimum Gasteiger partial charge on any atom is -0.310 e. The van der Waals surface area contributed by atoms with Crippen molar-refractivity contribution >= 4 is 60.7 Å². The number of benzene rings is 9. The fourth-order valence-corrected chi connectivity index (χ4v) is 14.5. The first-order valence-electron chi connectivity index (χ1n) is 24.5. The smallest absolute Gasteiger partial charge is 0.0584 e. The molecule has 1 spiro atoms. The van der Waals surface area contributed by atoms with Crippen molar-refractivity contribution in [1.82, 2.24) is 9.13 Å². The van der Waals surface area contributed by atoms with Crippen LogP contribution in [0.5, 0.6) is 0 Å². The number of para-hydroxylation sites is 4. The highest BCUT2D eigenvalue weighted by molar-refractivity contribution is 6.13. The van der Waals surface area contributed by atoms with Crippen LogP contribution in [0.4, 0.5) is 17.1 Å². The Hall–Kier alpha value is -7.62. The van der Waals surface area contributed by atoms with Gasteiger partial charge in [-0.15, -0.1) is 0 Å². The summed E-state index contributed by atoms with van der Waals surface area (Å²) >= 11 is 0. The molecule has 0 atom stereocenters. The molecule has 0 amide bonds. The lowest BCUT2D eigenvalue weighted by molar-refractivity contribution is -0.0418. The summed E-state index contributed by atoms with van der Waals surface area (Å²) in [6, 6.07) is 79.9. The van der Waals surface area contributed by atoms with Gasteiger partial charge in [0.1, 0.15) is 0 Å². The van der Waals surface area contributed by atoms with E-state index >= 15 is 0 Å². The molecule has 0 radical (unpaired) electrons. The van der Waals surface area contributed by atoms with Gasteiger partial charge in [-0.2, -0.15) is 0 Å². The predicted molar refractivity (Wildman–Crippen MR) is 278 cm³/mol. The number of anilines is 3. The fourth-order valence-electron chi connectivity index (χ4n) is 14.5. The maximum atomic E-state index is 2.66. The van der Waals surface area contributed by atoms with Crippen LogP contribution in [0.1, 0.15) is 43.2 Å². The molecule has 4 bridgehead atoms. The van der Waals surface area contributed by atoms with Crippen LogP contribution in [-0.4, -0.2) is 9.13 Å². The highest BCUT2D eigenvalue weighted by Crippen LogP contribution is 2.68. The summed E-state index contributed by atoms with van der Waals surface area (Å²) in [6.45, 7) is 0. The molecule has 320 valence electrons. The van der Waals surface area contributed by atoms with Crippen molar-refractivity contribution in [2.45, 2.75) is 37.5 Å². The summed E-state index contributed by atoms with van der Waals surface area (Å²) in [5.74, 6) is 3.02. The molecule has 5 aliphatic rings. The lowest BCUT2D eigenvalue weighted by atomic mass is 9.41. The first kappa shape index (κ1) is 37.6. The molecule has 2 aromatic heterocycles. The van der Waals surface area contributed by atoms with Gasteiger partial charge in [0, 0.05) is 49.7 Å². The van der Waals surface area contributed by atoms with Crippen LogP contribution in [0.25, 0.3) is 77.2 Å². The zero-order valence-corrected chi connectivity index (χ0v) is 37.4. The number of hydrogen-bond acceptors (Lipinski definition) is 1. The van der Waals surface area contributed by atoms with Crippen LogP contribution < -0.4 is 4.90 Å². The summed E-state index contributed by atoms with van der Waals surface area (Å²) in [4.78, 5) is 2.55. The molecular formula is C64H49N3. The number of nitrogens with zero attached hydrogens (tertiary/aromatic N) is 3. The predicted octanol–water partition coefficient (Wildman–Crippen LogP) is 16.7. The third kappa shape index (κ3) is 5.34. The highest BCUT2D eigenvalue weighted by atomic mass is 15.1. The van der Waals surface area contributed by atoms with Crippen molar-refractivity contribution in [3.05, 3.63) is 223 Å².